The third-order valence-corrected chi connectivity index (χ3v) is 4.66. The third kappa shape index (κ3) is 4.42. The number of amides is 1. The van der Waals surface area contributed by atoms with Gasteiger partial charge in [-0.2, -0.15) is 0 Å². The van der Waals surface area contributed by atoms with Gasteiger partial charge in [-0.3, -0.25) is 4.79 Å². The highest BCUT2D eigenvalue weighted by Crippen LogP contribution is 2.22. The molecule has 1 heterocycles. The van der Waals surface area contributed by atoms with Gasteiger partial charge in [0.15, 0.2) is 6.61 Å². The van der Waals surface area contributed by atoms with Crippen LogP contribution in [0.2, 0.25) is 0 Å². The van der Waals surface area contributed by atoms with E-state index in [1.807, 2.05) is 12.1 Å². The topological polar surface area (TPSA) is 66.8 Å². The standard InChI is InChI=1S/C21H23NO4/c1-15-3-2-12-22(13-15)20(24)14-26-21(25)18-6-4-16(5-7-18)17-8-10-19(23)11-9-17/h4-11,15,23H,2-3,12-14H2,1H3/t15-/m1/s1. The van der Waals surface area contributed by atoms with E-state index in [1.165, 1.54) is 0 Å². The normalized spacial score (nSPS) is 17.0. The van der Waals surface area contributed by atoms with E-state index >= 15 is 0 Å². The fourth-order valence-corrected chi connectivity index (χ4v) is 3.17. The van der Waals surface area contributed by atoms with Gasteiger partial charge in [0.05, 0.1) is 5.56 Å². The van der Waals surface area contributed by atoms with Gasteiger partial charge in [0.25, 0.3) is 5.91 Å². The molecule has 1 aliphatic heterocycles. The van der Waals surface area contributed by atoms with E-state index < -0.39 is 5.97 Å². The van der Waals surface area contributed by atoms with Crippen LogP contribution < -0.4 is 0 Å². The molecule has 0 aromatic heterocycles. The van der Waals surface area contributed by atoms with Crippen LogP contribution in [0.4, 0.5) is 0 Å². The van der Waals surface area contributed by atoms with Crippen molar-refractivity contribution in [1.29, 1.82) is 0 Å². The summed E-state index contributed by atoms with van der Waals surface area (Å²) in [6, 6.07) is 13.8. The summed E-state index contributed by atoms with van der Waals surface area (Å²) in [7, 11) is 0. The van der Waals surface area contributed by atoms with Crippen molar-refractivity contribution in [3.63, 3.8) is 0 Å². The van der Waals surface area contributed by atoms with E-state index in [0.29, 0.717) is 11.5 Å². The number of ether oxygens (including phenoxy) is 1. The van der Waals surface area contributed by atoms with Crippen LogP contribution in [0.15, 0.2) is 48.5 Å². The van der Waals surface area contributed by atoms with Crippen LogP contribution in [-0.4, -0.2) is 41.6 Å². The van der Waals surface area contributed by atoms with Crippen LogP contribution in [0.3, 0.4) is 0 Å². The Labute approximate surface area is 153 Å². The molecule has 0 saturated carbocycles. The molecule has 1 amide bonds. The molecular formula is C21H23NO4. The van der Waals surface area contributed by atoms with Crippen LogP contribution >= 0.6 is 0 Å². The largest absolute Gasteiger partial charge is 0.508 e. The second-order valence-corrected chi connectivity index (χ2v) is 6.79. The Balaban J connectivity index is 1.56. The first-order chi connectivity index (χ1) is 12.5. The zero-order chi connectivity index (χ0) is 18.5. The summed E-state index contributed by atoms with van der Waals surface area (Å²) in [4.78, 5) is 26.1. The number of benzene rings is 2. The van der Waals surface area contributed by atoms with E-state index in [4.69, 9.17) is 4.74 Å². The number of piperidine rings is 1. The quantitative estimate of drug-likeness (QED) is 0.855. The maximum atomic E-state index is 12.2. The molecule has 1 aliphatic rings. The molecule has 1 N–H and O–H groups in total. The molecule has 1 fully saturated rings. The molecule has 1 atom stereocenters. The molecule has 0 radical (unpaired) electrons. The predicted octanol–water partition coefficient (Wildman–Crippen LogP) is 3.47. The van der Waals surface area contributed by atoms with Crippen molar-refractivity contribution in [2.24, 2.45) is 5.92 Å². The summed E-state index contributed by atoms with van der Waals surface area (Å²) in [5.41, 5.74) is 2.28. The maximum absolute atomic E-state index is 12.2. The van der Waals surface area contributed by atoms with Gasteiger partial charge < -0.3 is 14.7 Å². The molecule has 136 valence electrons. The lowest BCUT2D eigenvalue weighted by atomic mass is 10.0. The average molecular weight is 353 g/mol. The Morgan fingerprint density at radius 3 is 2.31 bits per heavy atom. The van der Waals surface area contributed by atoms with E-state index in [2.05, 4.69) is 6.92 Å². The number of hydrogen-bond acceptors (Lipinski definition) is 4. The molecule has 26 heavy (non-hydrogen) atoms. The fourth-order valence-electron chi connectivity index (χ4n) is 3.17. The average Bonchev–Trinajstić information content (AvgIpc) is 2.66. The lowest BCUT2D eigenvalue weighted by Crippen LogP contribution is -2.41. The van der Waals surface area contributed by atoms with E-state index in [9.17, 15) is 14.7 Å². The molecule has 1 saturated heterocycles. The van der Waals surface area contributed by atoms with Gasteiger partial charge in [-0.25, -0.2) is 4.79 Å². The first kappa shape index (κ1) is 18.0. The monoisotopic (exact) mass is 353 g/mol. The minimum atomic E-state index is -0.499. The number of aromatic hydroxyl groups is 1. The Kier molecular flexibility index (Phi) is 5.56. The SMILES string of the molecule is C[C@@H]1CCCN(C(=O)COC(=O)c2ccc(-c3ccc(O)cc3)cc2)C1. The summed E-state index contributed by atoms with van der Waals surface area (Å²) < 4.78 is 5.18. The number of esters is 1. The second kappa shape index (κ2) is 8.04. The van der Waals surface area contributed by atoms with Gasteiger partial charge >= 0.3 is 5.97 Å². The fraction of sp³-hybridized carbons (Fsp3) is 0.333. The molecule has 2 aromatic rings. The summed E-state index contributed by atoms with van der Waals surface area (Å²) >= 11 is 0. The second-order valence-electron chi connectivity index (χ2n) is 6.79. The molecule has 5 heteroatoms. The summed E-state index contributed by atoms with van der Waals surface area (Å²) in [6.45, 7) is 3.38. The Hall–Kier alpha value is -2.82. The Morgan fingerprint density at radius 2 is 1.69 bits per heavy atom. The van der Waals surface area contributed by atoms with Crippen molar-refractivity contribution in [3.8, 4) is 16.9 Å². The highest BCUT2D eigenvalue weighted by molar-refractivity contribution is 5.91. The summed E-state index contributed by atoms with van der Waals surface area (Å²) in [5.74, 6) is 0.0730. The van der Waals surface area contributed by atoms with Crippen LogP contribution in [-0.2, 0) is 9.53 Å². The van der Waals surface area contributed by atoms with Crippen LogP contribution in [0.5, 0.6) is 5.75 Å². The molecule has 0 aliphatic carbocycles. The van der Waals surface area contributed by atoms with Gasteiger partial charge in [-0.05, 0) is 54.2 Å². The van der Waals surface area contributed by atoms with Gasteiger partial charge in [0, 0.05) is 13.1 Å². The molecule has 0 unspecified atom stereocenters. The van der Waals surface area contributed by atoms with Crippen LogP contribution in [0, 0.1) is 5.92 Å². The highest BCUT2D eigenvalue weighted by Gasteiger charge is 2.22. The number of hydrogen-bond donors (Lipinski definition) is 1. The van der Waals surface area contributed by atoms with Crippen molar-refractivity contribution in [3.05, 3.63) is 54.1 Å². The maximum Gasteiger partial charge on any atom is 0.338 e. The van der Waals surface area contributed by atoms with E-state index in [-0.39, 0.29) is 18.3 Å². The van der Waals surface area contributed by atoms with Gasteiger partial charge in [0.1, 0.15) is 5.75 Å². The van der Waals surface area contributed by atoms with Gasteiger partial charge in [0.2, 0.25) is 0 Å². The predicted molar refractivity (Wildman–Crippen MR) is 98.8 cm³/mol. The lowest BCUT2D eigenvalue weighted by Gasteiger charge is -2.30. The first-order valence-corrected chi connectivity index (χ1v) is 8.87. The van der Waals surface area contributed by atoms with Crippen molar-refractivity contribution >= 4 is 11.9 Å². The van der Waals surface area contributed by atoms with E-state index in [1.54, 1.807) is 41.3 Å². The zero-order valence-corrected chi connectivity index (χ0v) is 14.9. The molecule has 3 rings (SSSR count). The van der Waals surface area contributed by atoms with Crippen LogP contribution in [0.1, 0.15) is 30.1 Å². The summed E-state index contributed by atoms with van der Waals surface area (Å²) in [5, 5.41) is 9.34. The minimum absolute atomic E-state index is 0.134. The highest BCUT2D eigenvalue weighted by atomic mass is 16.5. The number of carbonyl (C=O) groups is 2. The number of nitrogens with zero attached hydrogens (tertiary/aromatic N) is 1. The van der Waals surface area contributed by atoms with Crippen molar-refractivity contribution in [2.75, 3.05) is 19.7 Å². The van der Waals surface area contributed by atoms with Crippen molar-refractivity contribution < 1.29 is 19.4 Å². The zero-order valence-electron chi connectivity index (χ0n) is 14.9. The summed E-state index contributed by atoms with van der Waals surface area (Å²) in [6.07, 6.45) is 2.14. The Bertz CT molecular complexity index is 768. The molecule has 2 aromatic carbocycles. The third-order valence-electron chi connectivity index (χ3n) is 4.66. The van der Waals surface area contributed by atoms with Crippen molar-refractivity contribution in [1.82, 2.24) is 4.90 Å². The molecular weight excluding hydrogens is 330 g/mol. The van der Waals surface area contributed by atoms with Crippen LogP contribution in [0.25, 0.3) is 11.1 Å². The number of likely N-dealkylation sites (tertiary alicyclic amines) is 1. The number of phenols is 1. The van der Waals surface area contributed by atoms with Gasteiger partial charge in [-0.15, -0.1) is 0 Å². The van der Waals surface area contributed by atoms with Crippen molar-refractivity contribution in [2.45, 2.75) is 19.8 Å². The Morgan fingerprint density at radius 1 is 1.08 bits per heavy atom. The first-order valence-electron chi connectivity index (χ1n) is 8.87. The van der Waals surface area contributed by atoms with Gasteiger partial charge in [-0.1, -0.05) is 31.2 Å². The number of phenolic OH excluding ortho intramolecular Hbond substituents is 1. The van der Waals surface area contributed by atoms with E-state index in [0.717, 1.165) is 37.1 Å². The number of rotatable bonds is 4. The lowest BCUT2D eigenvalue weighted by molar-refractivity contribution is -0.136. The smallest absolute Gasteiger partial charge is 0.338 e. The molecule has 5 nitrogen and oxygen atoms in total. The minimum Gasteiger partial charge on any atom is -0.508 e. The molecule has 0 bridgehead atoms. The molecule has 0 spiro atoms. The number of carbonyl (C=O) groups excluding carboxylic acids is 2.